The molecule has 0 aliphatic heterocycles. The van der Waals surface area contributed by atoms with Gasteiger partial charge in [0.1, 0.15) is 5.75 Å². The molecule has 0 saturated heterocycles. The van der Waals surface area contributed by atoms with Gasteiger partial charge in [-0.05, 0) is 56.6 Å². The van der Waals surface area contributed by atoms with Crippen molar-refractivity contribution >= 4 is 17.5 Å². The highest BCUT2D eigenvalue weighted by Crippen LogP contribution is 2.22. The molecule has 1 saturated carbocycles. The van der Waals surface area contributed by atoms with E-state index in [9.17, 15) is 9.59 Å². The number of hydrogen-bond acceptors (Lipinski definition) is 5. The Morgan fingerprint density at radius 3 is 2.50 bits per heavy atom. The molecule has 0 spiro atoms. The van der Waals surface area contributed by atoms with Gasteiger partial charge in [0.05, 0.1) is 12.8 Å². The zero-order valence-electron chi connectivity index (χ0n) is 16.0. The summed E-state index contributed by atoms with van der Waals surface area (Å²) in [6.07, 6.45) is 1.87. The fourth-order valence-electron chi connectivity index (χ4n) is 2.54. The smallest absolute Gasteiger partial charge is 0.329 e. The summed E-state index contributed by atoms with van der Waals surface area (Å²) in [6, 6.07) is 5.93. The monoisotopic (exact) mass is 360 g/mol. The largest absolute Gasteiger partial charge is 0.496 e. The summed E-state index contributed by atoms with van der Waals surface area (Å²) in [6.45, 7) is 8.70. The van der Waals surface area contributed by atoms with Crippen molar-refractivity contribution in [2.75, 3.05) is 20.2 Å². The van der Waals surface area contributed by atoms with E-state index in [-0.39, 0.29) is 6.04 Å². The van der Waals surface area contributed by atoms with Gasteiger partial charge in [-0.25, -0.2) is 5.43 Å². The van der Waals surface area contributed by atoms with Crippen LogP contribution in [-0.4, -0.2) is 48.7 Å². The Hall–Kier alpha value is -2.41. The molecule has 0 aromatic heterocycles. The zero-order chi connectivity index (χ0) is 19.1. The molecule has 142 valence electrons. The molecule has 2 N–H and O–H groups in total. The minimum absolute atomic E-state index is 0.141. The molecule has 0 heterocycles. The summed E-state index contributed by atoms with van der Waals surface area (Å²) >= 11 is 0. The minimum atomic E-state index is -0.742. The lowest BCUT2D eigenvalue weighted by atomic mass is 10.1. The van der Waals surface area contributed by atoms with Gasteiger partial charge in [-0.3, -0.25) is 14.5 Å². The van der Waals surface area contributed by atoms with Crippen molar-refractivity contribution < 1.29 is 14.3 Å². The number of methoxy groups -OCH3 is 1. The Kier molecular flexibility index (Phi) is 7.15. The highest BCUT2D eigenvalue weighted by atomic mass is 16.5. The molecule has 0 atom stereocenters. The van der Waals surface area contributed by atoms with Crippen molar-refractivity contribution in [2.24, 2.45) is 5.10 Å². The van der Waals surface area contributed by atoms with Crippen molar-refractivity contribution in [3.63, 3.8) is 0 Å². The molecule has 0 radical (unpaired) electrons. The van der Waals surface area contributed by atoms with Gasteiger partial charge in [-0.2, -0.15) is 5.10 Å². The number of hydrazone groups is 1. The number of benzene rings is 1. The van der Waals surface area contributed by atoms with E-state index in [0.717, 1.165) is 49.4 Å². The lowest BCUT2D eigenvalue weighted by molar-refractivity contribution is -0.139. The molecule has 0 bridgehead atoms. The van der Waals surface area contributed by atoms with Crippen LogP contribution < -0.4 is 15.5 Å². The number of rotatable bonds is 8. The van der Waals surface area contributed by atoms with Crippen molar-refractivity contribution in [3.05, 3.63) is 29.3 Å². The van der Waals surface area contributed by atoms with Crippen LogP contribution in [0.25, 0.3) is 0 Å². The van der Waals surface area contributed by atoms with Gasteiger partial charge in [-0.1, -0.05) is 13.8 Å². The van der Waals surface area contributed by atoms with Crippen molar-refractivity contribution in [2.45, 2.75) is 46.2 Å². The summed E-state index contributed by atoms with van der Waals surface area (Å²) in [5.41, 5.74) is 4.87. The maximum absolute atomic E-state index is 11.8. The molecular weight excluding hydrogens is 332 g/mol. The van der Waals surface area contributed by atoms with Gasteiger partial charge in [-0.15, -0.1) is 0 Å². The number of carbonyl (C=O) groups is 2. The van der Waals surface area contributed by atoms with E-state index < -0.39 is 11.8 Å². The Balaban J connectivity index is 2.07. The van der Waals surface area contributed by atoms with Crippen LogP contribution >= 0.6 is 0 Å². The van der Waals surface area contributed by atoms with E-state index in [2.05, 4.69) is 34.6 Å². The fourth-order valence-corrected chi connectivity index (χ4v) is 2.54. The average molecular weight is 360 g/mol. The first-order valence-corrected chi connectivity index (χ1v) is 9.03. The standard InChI is InChI=1S/C19H28N4O3/c1-5-23(6-2)12-15-11-14(7-10-17(15)26-4)13(3)21-22-19(25)18(24)20-16-8-9-16/h7,10-11,16H,5-6,8-9,12H2,1-4H3,(H,20,24)(H,22,25)/b21-13-. The SMILES string of the molecule is CCN(CC)Cc1cc(/C(C)=N\NC(=O)C(=O)NC2CC2)ccc1OC. The summed E-state index contributed by atoms with van der Waals surface area (Å²) in [5, 5.41) is 6.69. The maximum atomic E-state index is 11.8. The van der Waals surface area contributed by atoms with Crippen LogP contribution in [0.15, 0.2) is 23.3 Å². The molecule has 2 amide bonds. The molecule has 1 aliphatic rings. The third-order valence-electron chi connectivity index (χ3n) is 4.43. The second-order valence-electron chi connectivity index (χ2n) is 6.37. The number of carbonyl (C=O) groups excluding carboxylic acids is 2. The highest BCUT2D eigenvalue weighted by Gasteiger charge is 2.26. The third-order valence-corrected chi connectivity index (χ3v) is 4.43. The van der Waals surface area contributed by atoms with E-state index in [1.54, 1.807) is 14.0 Å². The van der Waals surface area contributed by atoms with E-state index >= 15 is 0 Å². The number of hydrogen-bond donors (Lipinski definition) is 2. The quantitative estimate of drug-likeness (QED) is 0.420. The molecular formula is C19H28N4O3. The maximum Gasteiger partial charge on any atom is 0.329 e. The van der Waals surface area contributed by atoms with E-state index in [0.29, 0.717) is 5.71 Å². The molecule has 1 aromatic carbocycles. The van der Waals surface area contributed by atoms with E-state index in [1.165, 1.54) is 0 Å². The lowest BCUT2D eigenvalue weighted by Crippen LogP contribution is -2.39. The lowest BCUT2D eigenvalue weighted by Gasteiger charge is -2.20. The number of nitrogens with one attached hydrogen (secondary N) is 2. The summed E-state index contributed by atoms with van der Waals surface area (Å²) in [4.78, 5) is 25.7. The van der Waals surface area contributed by atoms with Gasteiger partial charge in [0.25, 0.3) is 0 Å². The molecule has 2 rings (SSSR count). The number of nitrogens with zero attached hydrogens (tertiary/aromatic N) is 2. The van der Waals surface area contributed by atoms with Crippen LogP contribution in [-0.2, 0) is 16.1 Å². The average Bonchev–Trinajstić information content (AvgIpc) is 3.47. The van der Waals surface area contributed by atoms with Gasteiger partial charge in [0.2, 0.25) is 0 Å². The highest BCUT2D eigenvalue weighted by molar-refractivity contribution is 6.35. The topological polar surface area (TPSA) is 83.0 Å². The summed E-state index contributed by atoms with van der Waals surface area (Å²) in [5.74, 6) is -0.560. The fraction of sp³-hybridized carbons (Fsp3) is 0.526. The van der Waals surface area contributed by atoms with Gasteiger partial charge in [0.15, 0.2) is 0 Å². The zero-order valence-corrected chi connectivity index (χ0v) is 16.0. The molecule has 7 nitrogen and oxygen atoms in total. The Bertz CT molecular complexity index is 679. The van der Waals surface area contributed by atoms with Crippen molar-refractivity contribution in [1.29, 1.82) is 0 Å². The minimum Gasteiger partial charge on any atom is -0.496 e. The summed E-state index contributed by atoms with van der Waals surface area (Å²) < 4.78 is 5.45. The normalized spacial score (nSPS) is 14.3. The van der Waals surface area contributed by atoms with Crippen LogP contribution in [0.3, 0.4) is 0 Å². The van der Waals surface area contributed by atoms with Gasteiger partial charge >= 0.3 is 11.8 Å². The Morgan fingerprint density at radius 1 is 1.23 bits per heavy atom. The predicted molar refractivity (Wildman–Crippen MR) is 101 cm³/mol. The van der Waals surface area contributed by atoms with E-state index in [1.807, 2.05) is 18.2 Å². The molecule has 26 heavy (non-hydrogen) atoms. The van der Waals surface area contributed by atoms with E-state index in [4.69, 9.17) is 4.74 Å². The van der Waals surface area contributed by atoms with Crippen molar-refractivity contribution in [1.82, 2.24) is 15.6 Å². The summed E-state index contributed by atoms with van der Waals surface area (Å²) in [7, 11) is 1.65. The molecule has 1 fully saturated rings. The molecule has 0 unspecified atom stereocenters. The first kappa shape index (κ1) is 19.9. The first-order valence-electron chi connectivity index (χ1n) is 9.03. The number of ether oxygens (including phenoxy) is 1. The Morgan fingerprint density at radius 2 is 1.92 bits per heavy atom. The van der Waals surface area contributed by atoms with Crippen LogP contribution in [0.5, 0.6) is 5.75 Å². The predicted octanol–water partition coefficient (Wildman–Crippen LogP) is 1.66. The van der Waals surface area contributed by atoms with Gasteiger partial charge < -0.3 is 10.1 Å². The Labute approximate surface area is 154 Å². The molecule has 7 heteroatoms. The van der Waals surface area contributed by atoms with Crippen molar-refractivity contribution in [3.8, 4) is 5.75 Å². The molecule has 1 aromatic rings. The number of amides is 2. The van der Waals surface area contributed by atoms with Crippen LogP contribution in [0.2, 0.25) is 0 Å². The second kappa shape index (κ2) is 9.33. The van der Waals surface area contributed by atoms with Crippen LogP contribution in [0, 0.1) is 0 Å². The first-order chi connectivity index (χ1) is 12.5. The molecule has 1 aliphatic carbocycles. The van der Waals surface area contributed by atoms with Crippen LogP contribution in [0.4, 0.5) is 0 Å². The van der Waals surface area contributed by atoms with Gasteiger partial charge in [0, 0.05) is 18.2 Å². The van der Waals surface area contributed by atoms with Crippen LogP contribution in [0.1, 0.15) is 44.7 Å². The second-order valence-corrected chi connectivity index (χ2v) is 6.37. The third kappa shape index (κ3) is 5.56.